The normalized spacial score (nSPS) is 18.8. The zero-order valence-corrected chi connectivity index (χ0v) is 26.0. The molecule has 0 radical (unpaired) electrons. The van der Waals surface area contributed by atoms with E-state index in [0.717, 1.165) is 4.31 Å². The van der Waals surface area contributed by atoms with Gasteiger partial charge in [-0.2, -0.15) is 4.31 Å². The van der Waals surface area contributed by atoms with E-state index in [9.17, 15) is 26.7 Å². The van der Waals surface area contributed by atoms with Gasteiger partial charge >= 0.3 is 0 Å². The summed E-state index contributed by atoms with van der Waals surface area (Å²) in [4.78, 5) is 15.1. The first-order chi connectivity index (χ1) is 19.6. The Morgan fingerprint density at radius 2 is 1.67 bits per heavy atom. The fourth-order valence-electron chi connectivity index (χ4n) is 4.92. The number of aryl methyl sites for hydroxylation is 4. The molecule has 16 heteroatoms. The fraction of sp³-hybridized carbons (Fsp3) is 0.500. The van der Waals surface area contributed by atoms with E-state index >= 15 is 0 Å². The van der Waals surface area contributed by atoms with Gasteiger partial charge in [-0.05, 0) is 52.8 Å². The maximum atomic E-state index is 13.7. The molecule has 0 saturated heterocycles. The van der Waals surface area contributed by atoms with Crippen LogP contribution in [0.25, 0.3) is 0 Å². The number of rotatable bonds is 9. The lowest BCUT2D eigenvalue weighted by molar-refractivity contribution is 0.0387. The van der Waals surface area contributed by atoms with Gasteiger partial charge in [-0.3, -0.25) is 9.52 Å². The van der Waals surface area contributed by atoms with E-state index in [1.165, 1.54) is 50.9 Å². The number of amides is 1. The van der Waals surface area contributed by atoms with Gasteiger partial charge in [0.2, 0.25) is 10.0 Å². The summed E-state index contributed by atoms with van der Waals surface area (Å²) in [6, 6.07) is 3.66. The van der Waals surface area contributed by atoms with Crippen molar-refractivity contribution in [1.29, 1.82) is 0 Å². The zero-order valence-electron chi connectivity index (χ0n) is 24.4. The minimum atomic E-state index is -4.10. The summed E-state index contributed by atoms with van der Waals surface area (Å²) < 4.78 is 73.0. The summed E-state index contributed by atoms with van der Waals surface area (Å²) in [5.74, 6) is -0.435. The van der Waals surface area contributed by atoms with Crippen LogP contribution in [0.2, 0.25) is 0 Å². The van der Waals surface area contributed by atoms with Crippen molar-refractivity contribution in [3.8, 4) is 5.75 Å². The number of benzene rings is 1. The third kappa shape index (κ3) is 5.88. The first-order valence-corrected chi connectivity index (χ1v) is 16.1. The molecule has 0 bridgehead atoms. The molecule has 3 atom stereocenters. The number of aliphatic hydroxyl groups is 1. The van der Waals surface area contributed by atoms with Gasteiger partial charge in [0.25, 0.3) is 15.9 Å². The number of nitrogens with one attached hydrogen (secondary N) is 1. The van der Waals surface area contributed by atoms with Crippen LogP contribution in [0.5, 0.6) is 5.75 Å². The summed E-state index contributed by atoms with van der Waals surface area (Å²) in [6.45, 7) is 9.28. The molecule has 42 heavy (non-hydrogen) atoms. The van der Waals surface area contributed by atoms with Gasteiger partial charge in [-0.15, -0.1) is 0 Å². The Morgan fingerprint density at radius 3 is 2.21 bits per heavy atom. The number of hydrogen-bond acceptors (Lipinski definition) is 11. The number of likely N-dealkylation sites (N-methyl/N-ethyl adjacent to an activating group) is 1. The predicted octanol–water partition coefficient (Wildman–Crippen LogP) is 2.24. The van der Waals surface area contributed by atoms with Crippen LogP contribution in [0.15, 0.2) is 37.0 Å². The van der Waals surface area contributed by atoms with Crippen molar-refractivity contribution in [2.24, 2.45) is 5.92 Å². The highest BCUT2D eigenvalue weighted by Gasteiger charge is 2.37. The average molecular weight is 626 g/mol. The molecule has 0 fully saturated rings. The number of ether oxygens (including phenoxy) is 1. The molecule has 0 saturated carbocycles. The number of nitrogens with zero attached hydrogens (tertiary/aromatic N) is 4. The van der Waals surface area contributed by atoms with E-state index in [4.69, 9.17) is 13.8 Å². The molecular formula is C26H35N5O9S2. The second-order valence-corrected chi connectivity index (χ2v) is 14.1. The number of sulfonamides is 2. The molecule has 0 unspecified atom stereocenters. The van der Waals surface area contributed by atoms with E-state index in [1.54, 1.807) is 13.8 Å². The third-order valence-electron chi connectivity index (χ3n) is 7.23. The Labute approximate surface area is 244 Å². The first-order valence-electron chi connectivity index (χ1n) is 13.2. The number of anilines is 1. The van der Waals surface area contributed by atoms with Crippen LogP contribution >= 0.6 is 0 Å². The number of fused-ring (bicyclic) bond motifs is 1. The summed E-state index contributed by atoms with van der Waals surface area (Å²) in [6.07, 6.45) is -0.727. The molecule has 4 rings (SSSR count). The Bertz CT molecular complexity index is 1660. The Kier molecular flexibility index (Phi) is 8.74. The molecule has 0 spiro atoms. The molecule has 1 amide bonds. The maximum absolute atomic E-state index is 13.7. The van der Waals surface area contributed by atoms with E-state index in [2.05, 4.69) is 15.0 Å². The highest BCUT2D eigenvalue weighted by molar-refractivity contribution is 7.92. The van der Waals surface area contributed by atoms with Crippen LogP contribution < -0.4 is 9.46 Å². The molecular weight excluding hydrogens is 590 g/mol. The highest BCUT2D eigenvalue weighted by atomic mass is 32.2. The predicted molar refractivity (Wildman–Crippen MR) is 150 cm³/mol. The lowest BCUT2D eigenvalue weighted by Gasteiger charge is -2.38. The van der Waals surface area contributed by atoms with Crippen molar-refractivity contribution in [2.75, 3.05) is 31.5 Å². The van der Waals surface area contributed by atoms with Gasteiger partial charge < -0.3 is 23.8 Å². The molecule has 14 nitrogen and oxygen atoms in total. The Hall–Kier alpha value is -3.47. The van der Waals surface area contributed by atoms with Crippen LogP contribution in [-0.2, 0) is 20.0 Å². The van der Waals surface area contributed by atoms with E-state index < -0.39 is 38.1 Å². The number of aliphatic hydroxyl groups excluding tert-OH is 1. The van der Waals surface area contributed by atoms with Crippen molar-refractivity contribution in [2.45, 2.75) is 63.5 Å². The molecule has 0 aliphatic carbocycles. The molecule has 230 valence electrons. The summed E-state index contributed by atoms with van der Waals surface area (Å²) in [5.41, 5.74) is 0.547. The van der Waals surface area contributed by atoms with Gasteiger partial charge in [0.05, 0.1) is 24.8 Å². The molecule has 1 aliphatic heterocycles. The smallest absolute Gasteiger partial charge is 0.267 e. The topological polar surface area (TPSA) is 185 Å². The lowest BCUT2D eigenvalue weighted by Crippen LogP contribution is -2.50. The van der Waals surface area contributed by atoms with Crippen molar-refractivity contribution < 1.29 is 40.5 Å². The minimum absolute atomic E-state index is 0.0233. The largest absolute Gasteiger partial charge is 0.488 e. The van der Waals surface area contributed by atoms with Crippen LogP contribution in [0, 0.1) is 33.6 Å². The quantitative estimate of drug-likeness (QED) is 0.355. The van der Waals surface area contributed by atoms with Gasteiger partial charge in [-0.1, -0.05) is 17.2 Å². The van der Waals surface area contributed by atoms with Crippen LogP contribution in [0.3, 0.4) is 0 Å². The Balaban J connectivity index is 1.71. The number of carbonyl (C=O) groups is 1. The Morgan fingerprint density at radius 1 is 1.07 bits per heavy atom. The lowest BCUT2D eigenvalue weighted by atomic mass is 9.99. The summed E-state index contributed by atoms with van der Waals surface area (Å²) >= 11 is 0. The SMILES string of the molecule is Cc1noc(C)c1S(=O)(=O)Nc1ccc2c(c1)C(=O)N([C@H](C)CO)C[C@@H](C)[C@@H](CN(C)S(=O)(=O)c1c(C)noc1C)O2. The van der Waals surface area contributed by atoms with Crippen molar-refractivity contribution in [3.05, 3.63) is 46.7 Å². The van der Waals surface area contributed by atoms with E-state index in [-0.39, 0.29) is 75.3 Å². The minimum Gasteiger partial charge on any atom is -0.488 e. The standard InChI is InChI=1S/C26H35N5O9S2/c1-14-11-31(15(2)13-32)26(33)21-10-20(29-41(34,35)24-16(3)27-39-18(24)5)8-9-22(21)38-23(14)12-30(7)42(36,37)25-17(4)28-40-19(25)6/h8-10,14-15,23,29,32H,11-13H2,1-7H3/t14-,15-,23-/m1/s1. The van der Waals surface area contributed by atoms with Gasteiger partial charge in [0.15, 0.2) is 16.4 Å². The molecule has 2 N–H and O–H groups in total. The van der Waals surface area contributed by atoms with Crippen molar-refractivity contribution >= 4 is 31.6 Å². The first kappa shape index (κ1) is 31.5. The summed E-state index contributed by atoms with van der Waals surface area (Å²) in [7, 11) is -6.68. The zero-order chi connectivity index (χ0) is 31.1. The second-order valence-electron chi connectivity index (χ2n) is 10.5. The number of aromatic nitrogens is 2. The number of carbonyl (C=O) groups excluding carboxylic acids is 1. The summed E-state index contributed by atoms with van der Waals surface area (Å²) in [5, 5.41) is 17.4. The van der Waals surface area contributed by atoms with Crippen LogP contribution in [0.4, 0.5) is 5.69 Å². The second kappa shape index (κ2) is 11.7. The van der Waals surface area contributed by atoms with E-state index in [0.29, 0.717) is 0 Å². The molecule has 3 heterocycles. The average Bonchev–Trinajstić information content (AvgIpc) is 3.45. The maximum Gasteiger partial charge on any atom is 0.267 e. The van der Waals surface area contributed by atoms with Gasteiger partial charge in [0.1, 0.15) is 28.1 Å². The van der Waals surface area contributed by atoms with Gasteiger partial charge in [0, 0.05) is 25.2 Å². The van der Waals surface area contributed by atoms with Gasteiger partial charge in [-0.25, -0.2) is 16.8 Å². The number of hydrogen-bond donors (Lipinski definition) is 2. The van der Waals surface area contributed by atoms with Crippen molar-refractivity contribution in [3.63, 3.8) is 0 Å². The molecule has 1 aliphatic rings. The third-order valence-corrected chi connectivity index (χ3v) is 10.9. The van der Waals surface area contributed by atoms with Crippen LogP contribution in [0.1, 0.15) is 47.1 Å². The highest BCUT2D eigenvalue weighted by Crippen LogP contribution is 2.33. The monoisotopic (exact) mass is 625 g/mol. The molecule has 3 aromatic rings. The molecule has 2 aromatic heterocycles. The van der Waals surface area contributed by atoms with E-state index in [1.807, 2.05) is 6.92 Å². The van der Waals surface area contributed by atoms with Crippen molar-refractivity contribution in [1.82, 2.24) is 19.5 Å². The molecule has 1 aromatic carbocycles. The van der Waals surface area contributed by atoms with Crippen LogP contribution in [-0.4, -0.2) is 86.3 Å². The fourth-order valence-corrected chi connectivity index (χ4v) is 7.77.